The standard InChI is InChI=1S/C12H9ClN2O3S/c1-6-5-19-10(9(6)13)11(16)15-8-4-7(12(17)18)2-3-14-8/h2-5H,1H3,(H,17,18)(H,14,15,16). The molecule has 1 amide bonds. The second-order valence-electron chi connectivity index (χ2n) is 3.75. The number of aromatic carboxylic acids is 1. The highest BCUT2D eigenvalue weighted by molar-refractivity contribution is 7.13. The zero-order valence-electron chi connectivity index (χ0n) is 9.81. The summed E-state index contributed by atoms with van der Waals surface area (Å²) in [4.78, 5) is 27.0. The van der Waals surface area contributed by atoms with E-state index < -0.39 is 11.9 Å². The average molecular weight is 297 g/mol. The first-order valence-corrected chi connectivity index (χ1v) is 6.49. The molecular weight excluding hydrogens is 288 g/mol. The Hall–Kier alpha value is -1.92. The van der Waals surface area contributed by atoms with Crippen LogP contribution in [0.5, 0.6) is 0 Å². The number of nitrogens with one attached hydrogen (secondary N) is 1. The van der Waals surface area contributed by atoms with Crippen LogP contribution in [-0.4, -0.2) is 22.0 Å². The van der Waals surface area contributed by atoms with Gasteiger partial charge in [0.2, 0.25) is 0 Å². The Bertz CT molecular complexity index is 654. The van der Waals surface area contributed by atoms with E-state index in [4.69, 9.17) is 16.7 Å². The summed E-state index contributed by atoms with van der Waals surface area (Å²) in [5.74, 6) is -1.31. The molecule has 19 heavy (non-hydrogen) atoms. The fourth-order valence-electron chi connectivity index (χ4n) is 1.39. The first kappa shape index (κ1) is 13.5. The van der Waals surface area contributed by atoms with E-state index in [1.807, 2.05) is 0 Å². The molecule has 0 aliphatic rings. The molecule has 0 spiro atoms. The van der Waals surface area contributed by atoms with Gasteiger partial charge in [-0.25, -0.2) is 9.78 Å². The molecule has 0 bridgehead atoms. The maximum atomic E-state index is 12.0. The van der Waals surface area contributed by atoms with Gasteiger partial charge in [-0.2, -0.15) is 0 Å². The van der Waals surface area contributed by atoms with E-state index in [0.717, 1.165) is 5.56 Å². The van der Waals surface area contributed by atoms with Gasteiger partial charge < -0.3 is 10.4 Å². The van der Waals surface area contributed by atoms with Crippen LogP contribution >= 0.6 is 22.9 Å². The first-order chi connectivity index (χ1) is 8.99. The van der Waals surface area contributed by atoms with Crippen LogP contribution in [0.2, 0.25) is 5.02 Å². The SMILES string of the molecule is Cc1csc(C(=O)Nc2cc(C(=O)O)ccn2)c1Cl. The Labute approximate surface area is 117 Å². The number of carboxylic acids is 1. The summed E-state index contributed by atoms with van der Waals surface area (Å²) < 4.78 is 0. The quantitative estimate of drug-likeness (QED) is 0.912. The van der Waals surface area contributed by atoms with Gasteiger partial charge in [0, 0.05) is 6.20 Å². The number of amides is 1. The highest BCUT2D eigenvalue weighted by Crippen LogP contribution is 2.27. The number of carboxylic acid groups (broad SMARTS) is 1. The van der Waals surface area contributed by atoms with Crippen LogP contribution in [0, 0.1) is 6.92 Å². The summed E-state index contributed by atoms with van der Waals surface area (Å²) in [6.45, 7) is 1.80. The number of rotatable bonds is 3. The Morgan fingerprint density at radius 3 is 2.79 bits per heavy atom. The van der Waals surface area contributed by atoms with Crippen LogP contribution in [0.3, 0.4) is 0 Å². The fourth-order valence-corrected chi connectivity index (χ4v) is 2.56. The zero-order valence-corrected chi connectivity index (χ0v) is 11.4. The number of hydrogen-bond donors (Lipinski definition) is 2. The molecule has 0 saturated carbocycles. The molecule has 0 aliphatic carbocycles. The lowest BCUT2D eigenvalue weighted by atomic mass is 10.2. The lowest BCUT2D eigenvalue weighted by Crippen LogP contribution is -2.12. The second-order valence-corrected chi connectivity index (χ2v) is 5.01. The molecular formula is C12H9ClN2O3S. The molecule has 5 nitrogen and oxygen atoms in total. The molecule has 2 N–H and O–H groups in total. The van der Waals surface area contributed by atoms with E-state index in [-0.39, 0.29) is 11.4 Å². The number of halogens is 1. The van der Waals surface area contributed by atoms with E-state index in [1.165, 1.54) is 29.7 Å². The van der Waals surface area contributed by atoms with Crippen molar-refractivity contribution < 1.29 is 14.7 Å². The average Bonchev–Trinajstić information content (AvgIpc) is 2.70. The Morgan fingerprint density at radius 2 is 2.21 bits per heavy atom. The summed E-state index contributed by atoms with van der Waals surface area (Å²) >= 11 is 7.21. The van der Waals surface area contributed by atoms with Crippen molar-refractivity contribution in [2.75, 3.05) is 5.32 Å². The largest absolute Gasteiger partial charge is 0.478 e. The van der Waals surface area contributed by atoms with Gasteiger partial charge in [0.05, 0.1) is 10.6 Å². The van der Waals surface area contributed by atoms with Gasteiger partial charge >= 0.3 is 5.97 Å². The Balaban J connectivity index is 2.22. The van der Waals surface area contributed by atoms with Gasteiger partial charge in [0.15, 0.2) is 0 Å². The minimum Gasteiger partial charge on any atom is -0.478 e. The van der Waals surface area contributed by atoms with E-state index in [0.29, 0.717) is 9.90 Å². The third-order valence-corrected chi connectivity index (χ3v) is 4.05. The third kappa shape index (κ3) is 2.91. The number of carbonyl (C=O) groups excluding carboxylic acids is 1. The van der Waals surface area contributed by atoms with Crippen LogP contribution in [0.4, 0.5) is 5.82 Å². The van der Waals surface area contributed by atoms with Crippen LogP contribution in [0.15, 0.2) is 23.7 Å². The molecule has 0 unspecified atom stereocenters. The van der Waals surface area contributed by atoms with E-state index in [2.05, 4.69) is 10.3 Å². The lowest BCUT2D eigenvalue weighted by molar-refractivity contribution is 0.0696. The number of carbonyl (C=O) groups is 2. The number of thiophene rings is 1. The van der Waals surface area contributed by atoms with Crippen molar-refractivity contribution in [2.24, 2.45) is 0 Å². The van der Waals surface area contributed by atoms with Crippen molar-refractivity contribution in [2.45, 2.75) is 6.92 Å². The summed E-state index contributed by atoms with van der Waals surface area (Å²) in [7, 11) is 0. The highest BCUT2D eigenvalue weighted by atomic mass is 35.5. The lowest BCUT2D eigenvalue weighted by Gasteiger charge is -2.04. The number of hydrogen-bond acceptors (Lipinski definition) is 4. The van der Waals surface area contributed by atoms with Crippen LogP contribution < -0.4 is 5.32 Å². The van der Waals surface area contributed by atoms with Gasteiger partial charge in [-0.3, -0.25) is 4.79 Å². The summed E-state index contributed by atoms with van der Waals surface area (Å²) in [5.41, 5.74) is 0.878. The predicted octanol–water partition coefficient (Wildman–Crippen LogP) is 3.06. The monoisotopic (exact) mass is 296 g/mol. The molecule has 0 radical (unpaired) electrons. The van der Waals surface area contributed by atoms with Crippen molar-refractivity contribution in [1.29, 1.82) is 0 Å². The number of aromatic nitrogens is 1. The molecule has 0 aliphatic heterocycles. The summed E-state index contributed by atoms with van der Waals surface area (Å²) in [6.07, 6.45) is 1.32. The zero-order chi connectivity index (χ0) is 14.0. The molecule has 0 atom stereocenters. The van der Waals surface area contributed by atoms with Crippen molar-refractivity contribution in [3.05, 3.63) is 44.7 Å². The van der Waals surface area contributed by atoms with E-state index in [9.17, 15) is 9.59 Å². The predicted molar refractivity (Wildman–Crippen MR) is 73.2 cm³/mol. The molecule has 2 aromatic rings. The molecule has 98 valence electrons. The normalized spacial score (nSPS) is 10.2. The van der Waals surface area contributed by atoms with Crippen molar-refractivity contribution in [1.82, 2.24) is 4.98 Å². The number of aryl methyl sites for hydroxylation is 1. The number of pyridine rings is 1. The number of anilines is 1. The molecule has 2 heterocycles. The number of nitrogens with zero attached hydrogens (tertiary/aromatic N) is 1. The summed E-state index contributed by atoms with van der Waals surface area (Å²) in [5, 5.41) is 13.5. The third-order valence-electron chi connectivity index (χ3n) is 2.35. The first-order valence-electron chi connectivity index (χ1n) is 5.23. The second kappa shape index (κ2) is 5.38. The van der Waals surface area contributed by atoms with Gasteiger partial charge in [-0.1, -0.05) is 11.6 Å². The smallest absolute Gasteiger partial charge is 0.335 e. The highest BCUT2D eigenvalue weighted by Gasteiger charge is 2.15. The van der Waals surface area contributed by atoms with E-state index in [1.54, 1.807) is 12.3 Å². The Morgan fingerprint density at radius 1 is 1.47 bits per heavy atom. The molecule has 0 aromatic carbocycles. The van der Waals surface area contributed by atoms with Crippen LogP contribution in [0.25, 0.3) is 0 Å². The van der Waals surface area contributed by atoms with Crippen molar-refractivity contribution in [3.8, 4) is 0 Å². The van der Waals surface area contributed by atoms with Crippen molar-refractivity contribution in [3.63, 3.8) is 0 Å². The van der Waals surface area contributed by atoms with Gasteiger partial charge in [-0.05, 0) is 30.0 Å². The topological polar surface area (TPSA) is 79.3 Å². The van der Waals surface area contributed by atoms with Crippen LogP contribution in [0.1, 0.15) is 25.6 Å². The van der Waals surface area contributed by atoms with Gasteiger partial charge in [-0.15, -0.1) is 11.3 Å². The molecule has 0 saturated heterocycles. The molecule has 2 rings (SSSR count). The minimum atomic E-state index is -1.08. The van der Waals surface area contributed by atoms with Crippen LogP contribution in [-0.2, 0) is 0 Å². The fraction of sp³-hybridized carbons (Fsp3) is 0.0833. The minimum absolute atomic E-state index is 0.0544. The molecule has 2 aromatic heterocycles. The van der Waals surface area contributed by atoms with E-state index >= 15 is 0 Å². The Kier molecular flexibility index (Phi) is 3.82. The van der Waals surface area contributed by atoms with Gasteiger partial charge in [0.1, 0.15) is 10.7 Å². The maximum Gasteiger partial charge on any atom is 0.335 e. The summed E-state index contributed by atoms with van der Waals surface area (Å²) in [6, 6.07) is 2.63. The molecule has 7 heteroatoms. The van der Waals surface area contributed by atoms with Crippen molar-refractivity contribution >= 4 is 40.6 Å². The maximum absolute atomic E-state index is 12.0. The van der Waals surface area contributed by atoms with Gasteiger partial charge in [0.25, 0.3) is 5.91 Å². The molecule has 0 fully saturated rings.